The van der Waals surface area contributed by atoms with E-state index >= 15 is 0 Å². The number of halogens is 1. The number of rotatable bonds is 4. The van der Waals surface area contributed by atoms with Crippen LogP contribution in [0.1, 0.15) is 20.8 Å². The van der Waals surface area contributed by atoms with Crippen molar-refractivity contribution in [3.8, 4) is 17.2 Å². The Morgan fingerprint density at radius 1 is 0.880 bits per heavy atom. The first kappa shape index (κ1) is 18.5. The molecule has 0 radical (unpaired) electrons. The first-order valence-electron chi connectivity index (χ1n) is 7.20. The number of ether oxygens (including phenoxy) is 3. The van der Waals surface area contributed by atoms with E-state index in [1.54, 1.807) is 18.2 Å². The Bertz CT molecular complexity index is 900. The molecule has 130 valence electrons. The van der Waals surface area contributed by atoms with Gasteiger partial charge in [0.1, 0.15) is 5.75 Å². The van der Waals surface area contributed by atoms with Crippen LogP contribution in [0.2, 0.25) is 5.02 Å². The molecule has 0 aliphatic carbocycles. The Balaban J connectivity index is 2.77. The second kappa shape index (κ2) is 7.36. The lowest BCUT2D eigenvalue weighted by Gasteiger charge is -2.15. The summed E-state index contributed by atoms with van der Waals surface area (Å²) in [6.07, 6.45) is 0. The fraction of sp³-hybridized carbons (Fsp3) is 0.167. The van der Waals surface area contributed by atoms with Crippen LogP contribution in [0.25, 0.3) is 10.8 Å². The van der Waals surface area contributed by atoms with Crippen LogP contribution in [0.4, 0.5) is 0 Å². The zero-order valence-corrected chi connectivity index (χ0v) is 14.6. The third kappa shape index (κ3) is 4.36. The van der Waals surface area contributed by atoms with E-state index in [0.717, 1.165) is 0 Å². The third-order valence-corrected chi connectivity index (χ3v) is 3.26. The Kier molecular flexibility index (Phi) is 5.44. The standard InChI is InChI=1S/C18H15ClO6/c1-9(2)18(22)25-17-13-6-5-12(19)7-14(13)15(23-10(3)20)8-16(17)24-11(4)21/h5-8H,1H2,2-4H3. The molecule has 0 amide bonds. The molecule has 0 fully saturated rings. The summed E-state index contributed by atoms with van der Waals surface area (Å²) in [5.41, 5.74) is 0.167. The van der Waals surface area contributed by atoms with Crippen molar-refractivity contribution in [3.05, 3.63) is 41.4 Å². The lowest BCUT2D eigenvalue weighted by atomic mass is 10.1. The fourth-order valence-electron chi connectivity index (χ4n) is 2.07. The molecule has 6 nitrogen and oxygen atoms in total. The highest BCUT2D eigenvalue weighted by Crippen LogP contribution is 2.43. The number of carbonyl (C=O) groups excluding carboxylic acids is 3. The summed E-state index contributed by atoms with van der Waals surface area (Å²) >= 11 is 6.01. The minimum Gasteiger partial charge on any atom is -0.426 e. The number of hydrogen-bond donors (Lipinski definition) is 0. The molecule has 0 unspecified atom stereocenters. The number of fused-ring (bicyclic) bond motifs is 1. The van der Waals surface area contributed by atoms with Crippen LogP contribution in [0, 0.1) is 0 Å². The molecule has 0 atom stereocenters. The van der Waals surface area contributed by atoms with Crippen LogP contribution < -0.4 is 14.2 Å². The maximum atomic E-state index is 11.9. The maximum Gasteiger partial charge on any atom is 0.338 e. The van der Waals surface area contributed by atoms with Crippen molar-refractivity contribution in [1.82, 2.24) is 0 Å². The lowest BCUT2D eigenvalue weighted by molar-refractivity contribution is -0.133. The molecular formula is C18H15ClO6. The van der Waals surface area contributed by atoms with Crippen molar-refractivity contribution >= 4 is 40.3 Å². The Labute approximate surface area is 148 Å². The molecule has 7 heteroatoms. The molecule has 0 aliphatic rings. The maximum absolute atomic E-state index is 11.9. The van der Waals surface area contributed by atoms with Crippen LogP contribution >= 0.6 is 11.6 Å². The van der Waals surface area contributed by atoms with Crippen molar-refractivity contribution in [2.45, 2.75) is 20.8 Å². The molecule has 25 heavy (non-hydrogen) atoms. The summed E-state index contributed by atoms with van der Waals surface area (Å²) in [6.45, 7) is 7.44. The van der Waals surface area contributed by atoms with E-state index in [9.17, 15) is 14.4 Å². The first-order valence-corrected chi connectivity index (χ1v) is 7.57. The largest absolute Gasteiger partial charge is 0.426 e. The van der Waals surface area contributed by atoms with Gasteiger partial charge in [-0.2, -0.15) is 0 Å². The third-order valence-electron chi connectivity index (χ3n) is 3.03. The number of carbonyl (C=O) groups is 3. The minimum absolute atomic E-state index is 0.00534. The predicted molar refractivity (Wildman–Crippen MR) is 92.0 cm³/mol. The Morgan fingerprint density at radius 2 is 1.48 bits per heavy atom. The van der Waals surface area contributed by atoms with E-state index in [2.05, 4.69) is 6.58 Å². The van der Waals surface area contributed by atoms with E-state index in [1.165, 1.54) is 26.8 Å². The fourth-order valence-corrected chi connectivity index (χ4v) is 2.24. The summed E-state index contributed by atoms with van der Waals surface area (Å²) in [6, 6.07) is 5.98. The van der Waals surface area contributed by atoms with Gasteiger partial charge < -0.3 is 14.2 Å². The summed E-state index contributed by atoms with van der Waals surface area (Å²) in [4.78, 5) is 34.7. The van der Waals surface area contributed by atoms with Gasteiger partial charge in [0.05, 0.1) is 0 Å². The molecule has 2 aromatic carbocycles. The van der Waals surface area contributed by atoms with Gasteiger partial charge in [0.2, 0.25) is 0 Å². The monoisotopic (exact) mass is 362 g/mol. The van der Waals surface area contributed by atoms with Crippen molar-refractivity contribution in [1.29, 1.82) is 0 Å². The van der Waals surface area contributed by atoms with Gasteiger partial charge in [0.15, 0.2) is 11.5 Å². The van der Waals surface area contributed by atoms with E-state index in [0.29, 0.717) is 15.8 Å². The van der Waals surface area contributed by atoms with E-state index in [1.807, 2.05) is 0 Å². The second-order valence-electron chi connectivity index (χ2n) is 5.25. The SMILES string of the molecule is C=C(C)C(=O)Oc1c(OC(C)=O)cc(OC(C)=O)c2cc(Cl)ccc12. The van der Waals surface area contributed by atoms with Crippen molar-refractivity contribution in [3.63, 3.8) is 0 Å². The van der Waals surface area contributed by atoms with E-state index in [-0.39, 0.29) is 22.8 Å². The molecule has 2 aromatic rings. The number of esters is 3. The van der Waals surface area contributed by atoms with Crippen LogP contribution in [0.15, 0.2) is 36.4 Å². The molecule has 0 saturated carbocycles. The van der Waals surface area contributed by atoms with Gasteiger partial charge in [-0.15, -0.1) is 0 Å². The van der Waals surface area contributed by atoms with Gasteiger partial charge >= 0.3 is 17.9 Å². The van der Waals surface area contributed by atoms with Crippen LogP contribution in [0.3, 0.4) is 0 Å². The van der Waals surface area contributed by atoms with Gasteiger partial charge in [-0.25, -0.2) is 4.79 Å². The summed E-state index contributed by atoms with van der Waals surface area (Å²) in [7, 11) is 0. The van der Waals surface area contributed by atoms with Crippen molar-refractivity contribution in [2.24, 2.45) is 0 Å². The molecule has 0 aromatic heterocycles. The molecule has 0 aliphatic heterocycles. The molecule has 0 spiro atoms. The zero-order chi connectivity index (χ0) is 18.7. The molecule has 2 rings (SSSR count). The minimum atomic E-state index is -0.690. The highest BCUT2D eigenvalue weighted by Gasteiger charge is 2.21. The smallest absolute Gasteiger partial charge is 0.338 e. The Morgan fingerprint density at radius 3 is 2.04 bits per heavy atom. The first-order chi connectivity index (χ1) is 11.7. The topological polar surface area (TPSA) is 78.9 Å². The number of benzene rings is 2. The predicted octanol–water partition coefficient (Wildman–Crippen LogP) is 3.83. The average molecular weight is 363 g/mol. The highest BCUT2D eigenvalue weighted by atomic mass is 35.5. The molecule has 0 bridgehead atoms. The van der Waals surface area contributed by atoms with Gasteiger partial charge in [0, 0.05) is 41.3 Å². The van der Waals surface area contributed by atoms with Gasteiger partial charge in [-0.3, -0.25) is 9.59 Å². The number of hydrogen-bond acceptors (Lipinski definition) is 6. The van der Waals surface area contributed by atoms with Crippen molar-refractivity contribution in [2.75, 3.05) is 0 Å². The molecule has 0 saturated heterocycles. The molecular weight excluding hydrogens is 348 g/mol. The van der Waals surface area contributed by atoms with E-state index in [4.69, 9.17) is 25.8 Å². The summed E-state index contributed by atoms with van der Waals surface area (Å²) in [5, 5.41) is 1.19. The quantitative estimate of drug-likeness (QED) is 0.467. The van der Waals surface area contributed by atoms with Gasteiger partial charge in [0.25, 0.3) is 0 Å². The normalized spacial score (nSPS) is 10.2. The van der Waals surface area contributed by atoms with Gasteiger partial charge in [-0.1, -0.05) is 18.2 Å². The Hall–Kier alpha value is -2.86. The summed E-state index contributed by atoms with van der Waals surface area (Å²) < 4.78 is 15.6. The zero-order valence-electron chi connectivity index (χ0n) is 13.8. The van der Waals surface area contributed by atoms with E-state index < -0.39 is 17.9 Å². The van der Waals surface area contributed by atoms with Gasteiger partial charge in [-0.05, 0) is 25.1 Å². The molecule has 0 N–H and O–H groups in total. The summed E-state index contributed by atoms with van der Waals surface area (Å²) in [5.74, 6) is -1.82. The lowest BCUT2D eigenvalue weighted by Crippen LogP contribution is -2.12. The highest BCUT2D eigenvalue weighted by molar-refractivity contribution is 6.31. The van der Waals surface area contributed by atoms with Crippen molar-refractivity contribution < 1.29 is 28.6 Å². The van der Waals surface area contributed by atoms with Crippen LogP contribution in [0.5, 0.6) is 17.2 Å². The van der Waals surface area contributed by atoms with Crippen LogP contribution in [-0.2, 0) is 14.4 Å². The second-order valence-corrected chi connectivity index (χ2v) is 5.69. The molecule has 0 heterocycles. The van der Waals surface area contributed by atoms with Crippen LogP contribution in [-0.4, -0.2) is 17.9 Å². The average Bonchev–Trinajstić information content (AvgIpc) is 2.49.